The molecule has 0 fully saturated rings. The van der Waals surface area contributed by atoms with E-state index in [1.165, 1.54) is 0 Å². The van der Waals surface area contributed by atoms with Crippen LogP contribution in [0.2, 0.25) is 0 Å². The van der Waals surface area contributed by atoms with Gasteiger partial charge in [-0.1, -0.05) is 0 Å². The Morgan fingerprint density at radius 2 is 1.59 bits per heavy atom. The van der Waals surface area contributed by atoms with Crippen molar-refractivity contribution >= 4 is 32.2 Å². The number of carbonyl (C=O) groups is 2. The normalized spacial score (nSPS) is 12.4. The van der Waals surface area contributed by atoms with Gasteiger partial charge in [-0.05, 0) is 0 Å². The second kappa shape index (κ2) is 5.75. The van der Waals surface area contributed by atoms with Gasteiger partial charge in [0.25, 0.3) is 0 Å². The summed E-state index contributed by atoms with van der Waals surface area (Å²) in [6.45, 7) is 0. The van der Waals surface area contributed by atoms with Crippen molar-refractivity contribution in [1.82, 2.24) is 0 Å². The van der Waals surface area contributed by atoms with Gasteiger partial charge in [0.15, 0.2) is 0 Å². The minimum atomic E-state index is -4.48. The molecule has 0 atom stereocenters. The highest BCUT2D eigenvalue weighted by Crippen LogP contribution is 1.92. The molecule has 9 nitrogen and oxygen atoms in total. The van der Waals surface area contributed by atoms with Crippen LogP contribution < -0.4 is 0 Å². The van der Waals surface area contributed by atoms with Gasteiger partial charge in [0, 0.05) is 12.2 Å². The van der Waals surface area contributed by atoms with Crippen LogP contribution in [-0.4, -0.2) is 45.5 Å². The van der Waals surface area contributed by atoms with Crippen LogP contribution in [0.3, 0.4) is 0 Å². The molecule has 0 aliphatic heterocycles. The highest BCUT2D eigenvalue weighted by molar-refractivity contribution is 7.86. The summed E-state index contributed by atoms with van der Waals surface area (Å²) < 4.78 is 57.1. The molecule has 0 aliphatic rings. The molecule has 0 saturated heterocycles. The van der Waals surface area contributed by atoms with Crippen molar-refractivity contribution in [2.75, 3.05) is 12.2 Å². The molecule has 0 saturated carbocycles. The summed E-state index contributed by atoms with van der Waals surface area (Å²) in [4.78, 5) is 21.4. The first-order valence-corrected chi connectivity index (χ1v) is 7.15. The Morgan fingerprint density at radius 3 is 2.00 bits per heavy atom. The molecule has 0 bridgehead atoms. The summed E-state index contributed by atoms with van der Waals surface area (Å²) in [6, 6.07) is 0. The maximum absolute atomic E-state index is 10.7. The van der Waals surface area contributed by atoms with E-state index in [-0.39, 0.29) is 0 Å². The smallest absolute Gasteiger partial charge is 0.346 e. The van der Waals surface area contributed by atoms with Gasteiger partial charge in [-0.25, -0.2) is 9.59 Å². The largest absolute Gasteiger partial charge is 0.443 e. The Bertz CT molecular complexity index is 524. The lowest BCUT2D eigenvalue weighted by molar-refractivity contribution is -0.136. The van der Waals surface area contributed by atoms with Crippen molar-refractivity contribution < 1.29 is 39.9 Å². The van der Waals surface area contributed by atoms with E-state index >= 15 is 0 Å². The molecule has 1 N–H and O–H groups in total. The summed E-state index contributed by atoms with van der Waals surface area (Å²) >= 11 is 0. The predicted molar refractivity (Wildman–Crippen MR) is 52.6 cm³/mol. The van der Waals surface area contributed by atoms with Crippen molar-refractivity contribution in [2.24, 2.45) is 0 Å². The van der Waals surface area contributed by atoms with E-state index in [2.05, 4.69) is 8.92 Å². The highest BCUT2D eigenvalue weighted by Gasteiger charge is 2.10. The Kier molecular flexibility index (Phi) is 5.25. The molecule has 17 heavy (non-hydrogen) atoms. The van der Waals surface area contributed by atoms with Gasteiger partial charge in [0.2, 0.25) is 5.94 Å². The van der Waals surface area contributed by atoms with E-state index in [1.807, 2.05) is 0 Å². The molecule has 0 aromatic carbocycles. The van der Waals surface area contributed by atoms with E-state index < -0.39 is 38.1 Å². The first-order chi connectivity index (χ1) is 7.49. The molecular formula is C6H8O9S2. The standard InChI is InChI=1S/C6H8O9S2/c1-16(9,10)15-6(8)3-2-5(7)14-4-17(11,12)13/h2-3H,4H2,1H3,(H,11,12,13)/b3-2-. The number of hydrogen-bond acceptors (Lipinski definition) is 8. The molecule has 0 unspecified atom stereocenters. The minimum absolute atomic E-state index is 0.424. The lowest BCUT2D eigenvalue weighted by Gasteiger charge is -1.98. The molecule has 11 heteroatoms. The van der Waals surface area contributed by atoms with Crippen LogP contribution in [0.15, 0.2) is 12.2 Å². The molecule has 98 valence electrons. The lowest BCUT2D eigenvalue weighted by atomic mass is 10.5. The summed E-state index contributed by atoms with van der Waals surface area (Å²) in [5.41, 5.74) is 0. The molecule has 0 heterocycles. The predicted octanol–water partition coefficient (Wildman–Crippen LogP) is -1.57. The zero-order chi connectivity index (χ0) is 13.7. The van der Waals surface area contributed by atoms with E-state index in [1.54, 1.807) is 0 Å². The fourth-order valence-corrected chi connectivity index (χ4v) is 1.11. The van der Waals surface area contributed by atoms with Crippen molar-refractivity contribution in [3.63, 3.8) is 0 Å². The van der Waals surface area contributed by atoms with Gasteiger partial charge in [0.1, 0.15) is 0 Å². The van der Waals surface area contributed by atoms with E-state index in [0.717, 1.165) is 0 Å². The third kappa shape index (κ3) is 10.8. The van der Waals surface area contributed by atoms with Crippen molar-refractivity contribution in [1.29, 1.82) is 0 Å². The van der Waals surface area contributed by atoms with Gasteiger partial charge in [-0.2, -0.15) is 16.8 Å². The molecule has 0 aliphatic carbocycles. The average Bonchev–Trinajstić information content (AvgIpc) is 2.07. The van der Waals surface area contributed by atoms with Crippen LogP contribution in [0.4, 0.5) is 0 Å². The number of ether oxygens (including phenoxy) is 1. The van der Waals surface area contributed by atoms with Crippen molar-refractivity contribution in [2.45, 2.75) is 0 Å². The Balaban J connectivity index is 4.26. The number of rotatable bonds is 5. The molecule has 0 radical (unpaired) electrons. The van der Waals surface area contributed by atoms with Crippen LogP contribution in [0.1, 0.15) is 0 Å². The second-order valence-electron chi connectivity index (χ2n) is 2.60. The summed E-state index contributed by atoms with van der Waals surface area (Å²) in [6.07, 6.45) is 1.49. The average molecular weight is 288 g/mol. The minimum Gasteiger partial charge on any atom is -0.443 e. The van der Waals surface area contributed by atoms with Crippen LogP contribution >= 0.6 is 0 Å². The third-order valence-electron chi connectivity index (χ3n) is 0.939. The maximum Gasteiger partial charge on any atom is 0.346 e. The van der Waals surface area contributed by atoms with Crippen LogP contribution in [0.5, 0.6) is 0 Å². The van der Waals surface area contributed by atoms with Gasteiger partial charge >= 0.3 is 32.2 Å². The van der Waals surface area contributed by atoms with Crippen molar-refractivity contribution in [3.05, 3.63) is 12.2 Å². The quantitative estimate of drug-likeness (QED) is 0.275. The Hall–Kier alpha value is -1.46. The fraction of sp³-hybridized carbons (Fsp3) is 0.333. The zero-order valence-electron chi connectivity index (χ0n) is 8.39. The van der Waals surface area contributed by atoms with Crippen LogP contribution in [0, 0.1) is 0 Å². The number of carbonyl (C=O) groups excluding carboxylic acids is 2. The van der Waals surface area contributed by atoms with E-state index in [9.17, 15) is 26.4 Å². The Labute approximate surface area is 96.9 Å². The molecule has 0 rings (SSSR count). The third-order valence-corrected chi connectivity index (χ3v) is 1.82. The molecule has 0 amide bonds. The van der Waals surface area contributed by atoms with Gasteiger partial charge < -0.3 is 8.92 Å². The first-order valence-electron chi connectivity index (χ1n) is 3.73. The van der Waals surface area contributed by atoms with E-state index in [0.29, 0.717) is 18.4 Å². The number of hydrogen-bond donors (Lipinski definition) is 1. The second-order valence-corrected chi connectivity index (χ2v) is 5.58. The topological polar surface area (TPSA) is 141 Å². The lowest BCUT2D eigenvalue weighted by Crippen LogP contribution is -2.13. The highest BCUT2D eigenvalue weighted by atomic mass is 32.2. The summed E-state index contributed by atoms with van der Waals surface area (Å²) in [7, 11) is -8.47. The fourth-order valence-electron chi connectivity index (χ4n) is 0.494. The SMILES string of the molecule is CS(=O)(=O)OC(=O)/C=C\C(=O)OCS(=O)(=O)O. The molecular weight excluding hydrogens is 280 g/mol. The van der Waals surface area contributed by atoms with Gasteiger partial charge in [-0.15, -0.1) is 0 Å². The van der Waals surface area contributed by atoms with Crippen LogP contribution in [-0.2, 0) is 38.7 Å². The maximum atomic E-state index is 10.7. The first kappa shape index (κ1) is 15.5. The van der Waals surface area contributed by atoms with Crippen LogP contribution in [0.25, 0.3) is 0 Å². The molecule has 0 aromatic heterocycles. The Morgan fingerprint density at radius 1 is 1.12 bits per heavy atom. The van der Waals surface area contributed by atoms with Crippen molar-refractivity contribution in [3.8, 4) is 0 Å². The van der Waals surface area contributed by atoms with Gasteiger partial charge in [-0.3, -0.25) is 4.55 Å². The zero-order valence-corrected chi connectivity index (χ0v) is 10.0. The molecule has 0 spiro atoms. The molecule has 0 aromatic rings. The summed E-state index contributed by atoms with van der Waals surface area (Å²) in [5, 5.41) is 0. The van der Waals surface area contributed by atoms with Gasteiger partial charge in [0.05, 0.1) is 6.26 Å². The number of esters is 1. The van der Waals surface area contributed by atoms with E-state index in [4.69, 9.17) is 4.55 Å². The monoisotopic (exact) mass is 288 g/mol. The summed E-state index contributed by atoms with van der Waals surface area (Å²) in [5.74, 6) is -3.90.